The molecule has 116 valence electrons. The zero-order valence-corrected chi connectivity index (χ0v) is 14.2. The number of amides is 2. The van der Waals surface area contributed by atoms with Crippen molar-refractivity contribution in [1.29, 1.82) is 0 Å². The van der Waals surface area contributed by atoms with Crippen LogP contribution >= 0.6 is 11.3 Å². The van der Waals surface area contributed by atoms with Gasteiger partial charge in [-0.05, 0) is 27.7 Å². The lowest BCUT2D eigenvalue weighted by molar-refractivity contribution is -0.136. The number of likely N-dealkylation sites (tertiary alicyclic amines) is 1. The fourth-order valence-electron chi connectivity index (χ4n) is 2.83. The van der Waals surface area contributed by atoms with Gasteiger partial charge >= 0.3 is 0 Å². The van der Waals surface area contributed by atoms with Crippen LogP contribution in [0.25, 0.3) is 0 Å². The molecule has 0 N–H and O–H groups in total. The van der Waals surface area contributed by atoms with Crippen molar-refractivity contribution in [2.75, 3.05) is 20.1 Å². The Morgan fingerprint density at radius 3 is 2.67 bits per heavy atom. The summed E-state index contributed by atoms with van der Waals surface area (Å²) in [6.07, 6.45) is 0.338. The average molecular weight is 309 g/mol. The molecule has 0 radical (unpaired) electrons. The third-order valence-electron chi connectivity index (χ3n) is 4.19. The molecule has 0 saturated carbocycles. The molecule has 1 aliphatic heterocycles. The van der Waals surface area contributed by atoms with Gasteiger partial charge in [-0.3, -0.25) is 9.59 Å². The van der Waals surface area contributed by atoms with E-state index < -0.39 is 0 Å². The van der Waals surface area contributed by atoms with Crippen molar-refractivity contribution in [2.24, 2.45) is 5.92 Å². The normalized spacial score (nSPS) is 20.0. The monoisotopic (exact) mass is 309 g/mol. The van der Waals surface area contributed by atoms with Crippen molar-refractivity contribution in [3.8, 4) is 0 Å². The van der Waals surface area contributed by atoms with Crippen LogP contribution < -0.4 is 0 Å². The Labute approximate surface area is 130 Å². The molecule has 1 aromatic rings. The van der Waals surface area contributed by atoms with Crippen molar-refractivity contribution in [3.05, 3.63) is 15.6 Å². The lowest BCUT2D eigenvalue weighted by Gasteiger charge is -2.27. The van der Waals surface area contributed by atoms with Gasteiger partial charge in [0, 0.05) is 31.4 Å². The minimum absolute atomic E-state index is 0.00511. The average Bonchev–Trinajstić information content (AvgIpc) is 2.98. The third kappa shape index (κ3) is 3.10. The first-order valence-corrected chi connectivity index (χ1v) is 8.15. The van der Waals surface area contributed by atoms with Gasteiger partial charge in [0.25, 0.3) is 0 Å². The van der Waals surface area contributed by atoms with Crippen molar-refractivity contribution in [2.45, 2.75) is 40.2 Å². The van der Waals surface area contributed by atoms with Gasteiger partial charge in [0.15, 0.2) is 0 Å². The molecule has 1 aliphatic rings. The Kier molecular flexibility index (Phi) is 4.66. The van der Waals surface area contributed by atoms with Crippen LogP contribution in [0.3, 0.4) is 0 Å². The standard InChI is InChI=1S/C15H23N3O2S/c1-6-18-8-12(7-13(18)19)15(20)17(5)10(3)14-9(2)16-11(4)21-14/h10,12H,6-8H2,1-5H3. The summed E-state index contributed by atoms with van der Waals surface area (Å²) in [7, 11) is 1.82. The topological polar surface area (TPSA) is 53.5 Å². The number of carbonyl (C=O) groups excluding carboxylic acids is 2. The maximum absolute atomic E-state index is 12.6. The SMILES string of the molecule is CCN1CC(C(=O)N(C)C(C)c2sc(C)nc2C)CC1=O. The van der Waals surface area contributed by atoms with Gasteiger partial charge in [0.2, 0.25) is 11.8 Å². The van der Waals surface area contributed by atoms with Gasteiger partial charge < -0.3 is 9.80 Å². The van der Waals surface area contributed by atoms with E-state index in [-0.39, 0.29) is 23.8 Å². The second-order valence-corrected chi connectivity index (χ2v) is 6.88. The van der Waals surface area contributed by atoms with E-state index in [0.717, 1.165) is 15.6 Å². The van der Waals surface area contributed by atoms with Crippen molar-refractivity contribution in [1.82, 2.24) is 14.8 Å². The van der Waals surface area contributed by atoms with Crippen LogP contribution in [-0.2, 0) is 9.59 Å². The molecule has 2 unspecified atom stereocenters. The molecule has 1 aromatic heterocycles. The highest BCUT2D eigenvalue weighted by atomic mass is 32.1. The van der Waals surface area contributed by atoms with Gasteiger partial charge in [0.1, 0.15) is 0 Å². The van der Waals surface area contributed by atoms with E-state index in [0.29, 0.717) is 19.5 Å². The highest BCUT2D eigenvalue weighted by Gasteiger charge is 2.36. The zero-order chi connectivity index (χ0) is 15.7. The molecule has 5 nitrogen and oxygen atoms in total. The lowest BCUT2D eigenvalue weighted by Crippen LogP contribution is -2.36. The van der Waals surface area contributed by atoms with E-state index in [1.165, 1.54) is 0 Å². The number of aromatic nitrogens is 1. The van der Waals surface area contributed by atoms with Crippen LogP contribution in [0.5, 0.6) is 0 Å². The number of hydrogen-bond donors (Lipinski definition) is 0. The minimum Gasteiger partial charge on any atom is -0.342 e. The van der Waals surface area contributed by atoms with Gasteiger partial charge in [-0.25, -0.2) is 4.98 Å². The number of carbonyl (C=O) groups is 2. The molecule has 6 heteroatoms. The summed E-state index contributed by atoms with van der Waals surface area (Å²) < 4.78 is 0. The van der Waals surface area contributed by atoms with Crippen molar-refractivity contribution >= 4 is 23.2 Å². The lowest BCUT2D eigenvalue weighted by atomic mass is 10.1. The first-order valence-electron chi connectivity index (χ1n) is 7.33. The molecule has 2 rings (SSSR count). The summed E-state index contributed by atoms with van der Waals surface area (Å²) >= 11 is 1.63. The van der Waals surface area contributed by atoms with Crippen LogP contribution in [-0.4, -0.2) is 46.7 Å². The van der Waals surface area contributed by atoms with E-state index in [1.807, 2.05) is 34.7 Å². The maximum atomic E-state index is 12.6. The van der Waals surface area contributed by atoms with Gasteiger partial charge in [0.05, 0.1) is 22.7 Å². The molecule has 0 bridgehead atoms. The third-order valence-corrected chi connectivity index (χ3v) is 5.44. The predicted molar refractivity (Wildman–Crippen MR) is 83.1 cm³/mol. The summed E-state index contributed by atoms with van der Waals surface area (Å²) in [5.74, 6) is -0.0711. The van der Waals surface area contributed by atoms with Crippen molar-refractivity contribution < 1.29 is 9.59 Å². The second kappa shape index (κ2) is 6.13. The van der Waals surface area contributed by atoms with E-state index >= 15 is 0 Å². The van der Waals surface area contributed by atoms with E-state index in [9.17, 15) is 9.59 Å². The van der Waals surface area contributed by atoms with Crippen LogP contribution in [0.1, 0.15) is 41.9 Å². The smallest absolute Gasteiger partial charge is 0.228 e. The molecule has 0 aromatic carbocycles. The summed E-state index contributed by atoms with van der Waals surface area (Å²) in [4.78, 5) is 33.5. The van der Waals surface area contributed by atoms with Crippen LogP contribution in [0, 0.1) is 19.8 Å². The molecule has 2 heterocycles. The zero-order valence-electron chi connectivity index (χ0n) is 13.3. The van der Waals surface area contributed by atoms with Gasteiger partial charge in [-0.1, -0.05) is 0 Å². The molecule has 2 atom stereocenters. The van der Waals surface area contributed by atoms with Crippen LogP contribution in [0.15, 0.2) is 0 Å². The second-order valence-electron chi connectivity index (χ2n) is 5.64. The summed E-state index contributed by atoms with van der Waals surface area (Å²) in [5, 5.41) is 1.02. The van der Waals surface area contributed by atoms with Gasteiger partial charge in [-0.2, -0.15) is 0 Å². The Hall–Kier alpha value is -1.43. The molecule has 1 saturated heterocycles. The Balaban J connectivity index is 2.09. The highest BCUT2D eigenvalue weighted by molar-refractivity contribution is 7.11. The number of nitrogens with zero attached hydrogens (tertiary/aromatic N) is 3. The highest BCUT2D eigenvalue weighted by Crippen LogP contribution is 2.30. The molecule has 2 amide bonds. The van der Waals surface area contributed by atoms with Crippen LogP contribution in [0.2, 0.25) is 0 Å². The fourth-order valence-corrected chi connectivity index (χ4v) is 3.86. The Morgan fingerprint density at radius 2 is 2.19 bits per heavy atom. The largest absolute Gasteiger partial charge is 0.342 e. The molecular formula is C15H23N3O2S. The maximum Gasteiger partial charge on any atom is 0.228 e. The quantitative estimate of drug-likeness (QED) is 0.856. The van der Waals surface area contributed by atoms with Gasteiger partial charge in [-0.15, -0.1) is 11.3 Å². The first-order chi connectivity index (χ1) is 9.85. The van der Waals surface area contributed by atoms with Crippen molar-refractivity contribution in [3.63, 3.8) is 0 Å². The van der Waals surface area contributed by atoms with Crippen LogP contribution in [0.4, 0.5) is 0 Å². The minimum atomic E-state index is -0.209. The molecule has 21 heavy (non-hydrogen) atoms. The first kappa shape index (κ1) is 15.9. The van der Waals surface area contributed by atoms with E-state index in [1.54, 1.807) is 21.1 Å². The Bertz CT molecular complexity index is 555. The fraction of sp³-hybridized carbons (Fsp3) is 0.667. The molecule has 0 spiro atoms. The number of hydrogen-bond acceptors (Lipinski definition) is 4. The summed E-state index contributed by atoms with van der Waals surface area (Å²) in [6, 6.07) is -0.00511. The number of thiazole rings is 1. The predicted octanol–water partition coefficient (Wildman–Crippen LogP) is 2.15. The molecule has 0 aliphatic carbocycles. The molecular weight excluding hydrogens is 286 g/mol. The van der Waals surface area contributed by atoms with E-state index in [2.05, 4.69) is 4.98 Å². The molecule has 1 fully saturated rings. The van der Waals surface area contributed by atoms with E-state index in [4.69, 9.17) is 0 Å². The Morgan fingerprint density at radius 1 is 1.52 bits per heavy atom. The number of rotatable bonds is 4. The number of aryl methyl sites for hydroxylation is 2. The summed E-state index contributed by atoms with van der Waals surface area (Å²) in [6.45, 7) is 9.14. The summed E-state index contributed by atoms with van der Waals surface area (Å²) in [5.41, 5.74) is 0.988.